The van der Waals surface area contributed by atoms with E-state index in [0.29, 0.717) is 5.56 Å². The van der Waals surface area contributed by atoms with Gasteiger partial charge in [-0.25, -0.2) is 0 Å². The van der Waals surface area contributed by atoms with Crippen LogP contribution in [-0.2, 0) is 0 Å². The highest BCUT2D eigenvalue weighted by atomic mass is 79.9. The van der Waals surface area contributed by atoms with E-state index in [1.54, 1.807) is 26.0 Å². The Morgan fingerprint density at radius 1 is 1.21 bits per heavy atom. The number of rotatable bonds is 4. The predicted molar refractivity (Wildman–Crippen MR) is 99.9 cm³/mol. The van der Waals surface area contributed by atoms with E-state index >= 15 is 0 Å². The molecule has 1 atom stereocenters. The Labute approximate surface area is 154 Å². The number of hydrogen-bond acceptors (Lipinski definition) is 4. The number of ether oxygens (including phenoxy) is 2. The van der Waals surface area contributed by atoms with Crippen molar-refractivity contribution in [3.05, 3.63) is 58.1 Å². The number of halogens is 1. The van der Waals surface area contributed by atoms with E-state index in [0.717, 1.165) is 33.8 Å². The molecule has 3 rings (SSSR count). The Morgan fingerprint density at radius 3 is 2.75 bits per heavy atom. The van der Waals surface area contributed by atoms with Gasteiger partial charge in [0.2, 0.25) is 0 Å². The van der Waals surface area contributed by atoms with Gasteiger partial charge in [0.15, 0.2) is 0 Å². The van der Waals surface area contributed by atoms with Crippen molar-refractivity contribution in [1.82, 2.24) is 4.90 Å². The van der Waals surface area contributed by atoms with Crippen molar-refractivity contribution in [2.24, 2.45) is 0 Å². The van der Waals surface area contributed by atoms with Crippen molar-refractivity contribution in [3.63, 3.8) is 0 Å². The minimum absolute atomic E-state index is 0.0316. The average Bonchev–Trinajstić information content (AvgIpc) is 3.09. The largest absolute Gasteiger partial charge is 0.497 e. The van der Waals surface area contributed by atoms with Gasteiger partial charge < -0.3 is 14.4 Å². The van der Waals surface area contributed by atoms with Crippen molar-refractivity contribution in [3.8, 4) is 11.5 Å². The fourth-order valence-electron chi connectivity index (χ4n) is 2.75. The molecule has 0 N–H and O–H groups in total. The van der Waals surface area contributed by atoms with Crippen LogP contribution in [0.2, 0.25) is 0 Å². The summed E-state index contributed by atoms with van der Waals surface area (Å²) in [5, 5.41) is -0.0580. The summed E-state index contributed by atoms with van der Waals surface area (Å²) in [4.78, 5) is 14.8. The lowest BCUT2D eigenvalue weighted by atomic mass is 10.1. The van der Waals surface area contributed by atoms with E-state index < -0.39 is 0 Å². The molecule has 2 aromatic rings. The fraction of sp³-hybridized carbons (Fsp3) is 0.278. The first-order chi connectivity index (χ1) is 11.6. The van der Waals surface area contributed by atoms with Crippen LogP contribution < -0.4 is 9.47 Å². The van der Waals surface area contributed by atoms with Crippen LogP contribution in [0.15, 0.2) is 46.9 Å². The van der Waals surface area contributed by atoms with Crippen LogP contribution in [0.25, 0.3) is 0 Å². The molecule has 1 fully saturated rings. The van der Waals surface area contributed by atoms with E-state index in [2.05, 4.69) is 15.9 Å². The summed E-state index contributed by atoms with van der Waals surface area (Å²) < 4.78 is 11.7. The van der Waals surface area contributed by atoms with Gasteiger partial charge in [-0.15, -0.1) is 11.8 Å². The SMILES string of the molecule is COc1ccc([C@H]2SCCN2C(=O)c2cccc(Br)c2)c(OC)c1. The van der Waals surface area contributed by atoms with Gasteiger partial charge in [0, 0.05) is 34.0 Å². The quantitative estimate of drug-likeness (QED) is 0.754. The third-order valence-corrected chi connectivity index (χ3v) is 5.67. The smallest absolute Gasteiger partial charge is 0.255 e. The summed E-state index contributed by atoms with van der Waals surface area (Å²) in [6.45, 7) is 0.718. The van der Waals surface area contributed by atoms with Gasteiger partial charge in [0.05, 0.1) is 14.2 Å². The molecule has 24 heavy (non-hydrogen) atoms. The Morgan fingerprint density at radius 2 is 2.04 bits per heavy atom. The molecule has 2 aromatic carbocycles. The second-order valence-corrected chi connectivity index (χ2v) is 7.44. The first kappa shape index (κ1) is 17.2. The molecule has 0 unspecified atom stereocenters. The van der Waals surface area contributed by atoms with E-state index in [4.69, 9.17) is 9.47 Å². The Hall–Kier alpha value is -1.66. The van der Waals surface area contributed by atoms with Gasteiger partial charge in [0.25, 0.3) is 5.91 Å². The Kier molecular flexibility index (Phi) is 5.36. The molecular formula is C18H18BrNO3S. The number of thioether (sulfide) groups is 1. The van der Waals surface area contributed by atoms with Gasteiger partial charge in [0.1, 0.15) is 16.9 Å². The fourth-order valence-corrected chi connectivity index (χ4v) is 4.43. The standard InChI is InChI=1S/C18H18BrNO3S/c1-22-14-6-7-15(16(11-14)23-2)18-20(8-9-24-18)17(21)12-4-3-5-13(19)10-12/h3-7,10-11,18H,8-9H2,1-2H3/t18-/m1/s1. The molecule has 126 valence electrons. The summed E-state index contributed by atoms with van der Waals surface area (Å²) in [5.74, 6) is 2.41. The number of carbonyl (C=O) groups excluding carboxylic acids is 1. The van der Waals surface area contributed by atoms with Crippen LogP contribution in [0.3, 0.4) is 0 Å². The highest BCUT2D eigenvalue weighted by Crippen LogP contribution is 2.43. The van der Waals surface area contributed by atoms with Gasteiger partial charge in [-0.1, -0.05) is 22.0 Å². The highest BCUT2D eigenvalue weighted by Gasteiger charge is 2.33. The zero-order valence-corrected chi connectivity index (χ0v) is 15.9. The van der Waals surface area contributed by atoms with Crippen molar-refractivity contribution in [2.45, 2.75) is 5.37 Å². The first-order valence-corrected chi connectivity index (χ1v) is 9.38. The second-order valence-electron chi connectivity index (χ2n) is 5.34. The number of amides is 1. The maximum atomic E-state index is 12.9. The minimum Gasteiger partial charge on any atom is -0.497 e. The van der Waals surface area contributed by atoms with Crippen LogP contribution in [0.4, 0.5) is 0 Å². The monoisotopic (exact) mass is 407 g/mol. The van der Waals surface area contributed by atoms with Crippen LogP contribution >= 0.6 is 27.7 Å². The van der Waals surface area contributed by atoms with Gasteiger partial charge in [-0.3, -0.25) is 4.79 Å². The third-order valence-electron chi connectivity index (χ3n) is 3.93. The van der Waals surface area contributed by atoms with Crippen LogP contribution in [0.5, 0.6) is 11.5 Å². The Bertz CT molecular complexity index is 753. The molecule has 0 saturated carbocycles. The van der Waals surface area contributed by atoms with Crippen molar-refractivity contribution in [1.29, 1.82) is 0 Å². The molecule has 0 bridgehead atoms. The van der Waals surface area contributed by atoms with E-state index in [-0.39, 0.29) is 11.3 Å². The molecule has 1 aliphatic rings. The zero-order chi connectivity index (χ0) is 17.1. The Balaban J connectivity index is 1.92. The molecule has 0 aromatic heterocycles. The van der Waals surface area contributed by atoms with Crippen molar-refractivity contribution < 1.29 is 14.3 Å². The number of carbonyl (C=O) groups is 1. The topological polar surface area (TPSA) is 38.8 Å². The van der Waals surface area contributed by atoms with Crippen molar-refractivity contribution >= 4 is 33.6 Å². The molecule has 0 aliphatic carbocycles. The van der Waals surface area contributed by atoms with Crippen molar-refractivity contribution in [2.75, 3.05) is 26.5 Å². The third kappa shape index (κ3) is 3.39. The maximum absolute atomic E-state index is 12.9. The second kappa shape index (κ2) is 7.49. The summed E-state index contributed by atoms with van der Waals surface area (Å²) in [6.07, 6.45) is 0. The van der Waals surface area contributed by atoms with Crippen LogP contribution in [0.1, 0.15) is 21.3 Å². The molecule has 6 heteroatoms. The van der Waals surface area contributed by atoms with E-state index in [9.17, 15) is 4.79 Å². The molecule has 1 saturated heterocycles. The molecule has 0 radical (unpaired) electrons. The predicted octanol–water partition coefficient (Wildman–Crippen LogP) is 4.35. The molecular weight excluding hydrogens is 390 g/mol. The number of benzene rings is 2. The lowest BCUT2D eigenvalue weighted by molar-refractivity contribution is 0.0759. The van der Waals surface area contributed by atoms with E-state index in [1.807, 2.05) is 47.4 Å². The van der Waals surface area contributed by atoms with Gasteiger partial charge in [-0.05, 0) is 30.3 Å². The van der Waals surface area contributed by atoms with Gasteiger partial charge >= 0.3 is 0 Å². The molecule has 1 amide bonds. The van der Waals surface area contributed by atoms with Crippen LogP contribution in [-0.4, -0.2) is 37.3 Å². The minimum atomic E-state index is -0.0580. The molecule has 1 heterocycles. The summed E-state index contributed by atoms with van der Waals surface area (Å²) in [6, 6.07) is 13.2. The number of hydrogen-bond donors (Lipinski definition) is 0. The number of nitrogens with zero attached hydrogens (tertiary/aromatic N) is 1. The lowest BCUT2D eigenvalue weighted by Gasteiger charge is -2.25. The zero-order valence-electron chi connectivity index (χ0n) is 13.5. The lowest BCUT2D eigenvalue weighted by Crippen LogP contribution is -2.30. The number of methoxy groups -OCH3 is 2. The molecule has 1 aliphatic heterocycles. The normalized spacial score (nSPS) is 17.0. The molecule has 0 spiro atoms. The highest BCUT2D eigenvalue weighted by molar-refractivity contribution is 9.10. The summed E-state index contributed by atoms with van der Waals surface area (Å²) in [5.41, 5.74) is 1.67. The maximum Gasteiger partial charge on any atom is 0.255 e. The molecule has 4 nitrogen and oxygen atoms in total. The van der Waals surface area contributed by atoms with Crippen LogP contribution in [0, 0.1) is 0 Å². The first-order valence-electron chi connectivity index (χ1n) is 7.54. The average molecular weight is 408 g/mol. The summed E-state index contributed by atoms with van der Waals surface area (Å²) >= 11 is 5.17. The van der Waals surface area contributed by atoms with E-state index in [1.165, 1.54) is 0 Å². The summed E-state index contributed by atoms with van der Waals surface area (Å²) in [7, 11) is 3.26. The van der Waals surface area contributed by atoms with Gasteiger partial charge in [-0.2, -0.15) is 0 Å².